The van der Waals surface area contributed by atoms with Crippen LogP contribution in [0.15, 0.2) is 18.3 Å². The fourth-order valence-corrected chi connectivity index (χ4v) is 1.23. The summed E-state index contributed by atoms with van der Waals surface area (Å²) in [7, 11) is 0. The maximum Gasteiger partial charge on any atom is 0.190 e. The molecule has 0 radical (unpaired) electrons. The Balaban J connectivity index is 2.66. The Hall–Kier alpha value is -1.51. The minimum atomic E-state index is 0.172. The van der Waals surface area contributed by atoms with Gasteiger partial charge >= 0.3 is 0 Å². The van der Waals surface area contributed by atoms with Gasteiger partial charge in [0.25, 0.3) is 0 Å². The normalized spacial score (nSPS) is 10.8. The van der Waals surface area contributed by atoms with Gasteiger partial charge in [-0.1, -0.05) is 6.92 Å². The number of aryl methyl sites for hydroxylation is 1. The molecule has 2 heterocycles. The summed E-state index contributed by atoms with van der Waals surface area (Å²) in [5.74, 6) is 0.172. The predicted octanol–water partition coefficient (Wildman–Crippen LogP) is 1.83. The van der Waals surface area contributed by atoms with Crippen molar-refractivity contribution in [1.29, 1.82) is 0 Å². The summed E-state index contributed by atoms with van der Waals surface area (Å²) >= 11 is 0. The largest absolute Gasteiger partial charge is 0.495 e. The van der Waals surface area contributed by atoms with Crippen LogP contribution in [0, 0.1) is 0 Å². The molecule has 0 bridgehead atoms. The first-order valence-electron chi connectivity index (χ1n) is 3.96. The molecule has 0 fully saturated rings. The number of hydrogen-bond acceptors (Lipinski definition) is 2. The Morgan fingerprint density at radius 2 is 2.33 bits per heavy atom. The molecule has 0 amide bonds. The first kappa shape index (κ1) is 7.16. The molecule has 0 saturated carbocycles. The molecule has 2 aromatic rings. The third kappa shape index (κ3) is 1.03. The van der Waals surface area contributed by atoms with Crippen molar-refractivity contribution < 1.29 is 5.11 Å². The molecule has 0 saturated heterocycles. The number of hydrogen-bond donors (Lipinski definition) is 2. The molecule has 0 aliphatic heterocycles. The van der Waals surface area contributed by atoms with Crippen molar-refractivity contribution in [3.8, 4) is 5.88 Å². The molecule has 0 unspecified atom stereocenters. The van der Waals surface area contributed by atoms with E-state index in [9.17, 15) is 0 Å². The number of nitrogens with one attached hydrogen (secondary N) is 1. The first-order valence-corrected chi connectivity index (χ1v) is 3.96. The number of aromatic amines is 1. The van der Waals surface area contributed by atoms with Crippen molar-refractivity contribution in [2.45, 2.75) is 13.3 Å². The van der Waals surface area contributed by atoms with Gasteiger partial charge < -0.3 is 10.1 Å². The Morgan fingerprint density at radius 3 is 3.08 bits per heavy atom. The molecule has 0 aliphatic carbocycles. The molecule has 12 heavy (non-hydrogen) atoms. The van der Waals surface area contributed by atoms with Crippen LogP contribution in [0.1, 0.15) is 12.5 Å². The summed E-state index contributed by atoms with van der Waals surface area (Å²) in [6, 6.07) is 3.62. The maximum absolute atomic E-state index is 9.12. The van der Waals surface area contributed by atoms with Crippen LogP contribution in [-0.2, 0) is 6.42 Å². The molecule has 2 rings (SSSR count). The van der Waals surface area contributed by atoms with E-state index in [4.69, 9.17) is 5.11 Å². The van der Waals surface area contributed by atoms with Crippen LogP contribution in [0.2, 0.25) is 0 Å². The Kier molecular flexibility index (Phi) is 1.50. The molecule has 3 nitrogen and oxygen atoms in total. The van der Waals surface area contributed by atoms with Gasteiger partial charge in [-0.3, -0.25) is 4.98 Å². The summed E-state index contributed by atoms with van der Waals surface area (Å²) < 4.78 is 0. The Labute approximate surface area is 70.1 Å². The summed E-state index contributed by atoms with van der Waals surface area (Å²) in [5, 5.41) is 9.12. The number of aromatic hydroxyl groups is 1. The van der Waals surface area contributed by atoms with E-state index >= 15 is 0 Å². The van der Waals surface area contributed by atoms with Crippen LogP contribution in [-0.4, -0.2) is 15.1 Å². The van der Waals surface area contributed by atoms with Crippen LogP contribution < -0.4 is 0 Å². The number of fused-ring (bicyclic) bond motifs is 1. The van der Waals surface area contributed by atoms with Crippen LogP contribution in [0.4, 0.5) is 0 Å². The minimum Gasteiger partial charge on any atom is -0.495 e. The van der Waals surface area contributed by atoms with Gasteiger partial charge in [0.15, 0.2) is 5.88 Å². The number of rotatable bonds is 1. The fourth-order valence-electron chi connectivity index (χ4n) is 1.23. The van der Waals surface area contributed by atoms with E-state index in [0.717, 1.165) is 17.5 Å². The van der Waals surface area contributed by atoms with E-state index in [0.29, 0.717) is 0 Å². The second-order valence-electron chi connectivity index (χ2n) is 2.78. The molecule has 2 N–H and O–H groups in total. The van der Waals surface area contributed by atoms with E-state index in [1.54, 1.807) is 6.07 Å². The first-order chi connectivity index (χ1) is 5.79. The van der Waals surface area contributed by atoms with Crippen LogP contribution >= 0.6 is 0 Å². The second kappa shape index (κ2) is 2.52. The van der Waals surface area contributed by atoms with E-state index in [1.807, 2.05) is 12.3 Å². The lowest BCUT2D eigenvalue weighted by molar-refractivity contribution is 0.458. The van der Waals surface area contributed by atoms with Crippen molar-refractivity contribution in [1.82, 2.24) is 9.97 Å². The standard InChI is InChI=1S/C9H10N2O/c1-2-6-3-8-7(10-5-6)4-9(12)11-8/h3-5,11-12H,2H2,1H3. The molecule has 2 aromatic heterocycles. The van der Waals surface area contributed by atoms with Crippen LogP contribution in [0.3, 0.4) is 0 Å². The summed E-state index contributed by atoms with van der Waals surface area (Å²) in [6.45, 7) is 2.08. The number of nitrogens with zero attached hydrogens (tertiary/aromatic N) is 1. The van der Waals surface area contributed by atoms with Crippen molar-refractivity contribution >= 4 is 11.0 Å². The molecular formula is C9H10N2O. The monoisotopic (exact) mass is 162 g/mol. The summed E-state index contributed by atoms with van der Waals surface area (Å²) in [6.07, 6.45) is 2.79. The van der Waals surface area contributed by atoms with Gasteiger partial charge in [0, 0.05) is 12.3 Å². The zero-order valence-electron chi connectivity index (χ0n) is 6.83. The van der Waals surface area contributed by atoms with Crippen LogP contribution in [0.25, 0.3) is 11.0 Å². The zero-order valence-corrected chi connectivity index (χ0v) is 6.83. The maximum atomic E-state index is 9.12. The van der Waals surface area contributed by atoms with Gasteiger partial charge in [-0.2, -0.15) is 0 Å². The molecule has 0 atom stereocenters. The molecule has 0 aliphatic rings. The highest BCUT2D eigenvalue weighted by Crippen LogP contribution is 2.17. The lowest BCUT2D eigenvalue weighted by Crippen LogP contribution is -1.81. The van der Waals surface area contributed by atoms with Crippen molar-refractivity contribution in [3.63, 3.8) is 0 Å². The van der Waals surface area contributed by atoms with Gasteiger partial charge in [0.05, 0.1) is 11.0 Å². The topological polar surface area (TPSA) is 48.9 Å². The third-order valence-corrected chi connectivity index (χ3v) is 1.92. The predicted molar refractivity (Wildman–Crippen MR) is 47.1 cm³/mol. The minimum absolute atomic E-state index is 0.172. The average molecular weight is 162 g/mol. The lowest BCUT2D eigenvalue weighted by Gasteiger charge is -1.93. The molecule has 3 heteroatoms. The highest BCUT2D eigenvalue weighted by atomic mass is 16.3. The smallest absolute Gasteiger partial charge is 0.190 e. The Bertz CT molecular complexity index is 406. The lowest BCUT2D eigenvalue weighted by atomic mass is 10.2. The van der Waals surface area contributed by atoms with Crippen molar-refractivity contribution in [2.75, 3.05) is 0 Å². The zero-order chi connectivity index (χ0) is 8.55. The highest BCUT2D eigenvalue weighted by Gasteiger charge is 2.00. The van der Waals surface area contributed by atoms with Gasteiger partial charge in [-0.15, -0.1) is 0 Å². The molecule has 0 spiro atoms. The second-order valence-corrected chi connectivity index (χ2v) is 2.78. The summed E-state index contributed by atoms with van der Waals surface area (Å²) in [4.78, 5) is 7.01. The van der Waals surface area contributed by atoms with Crippen LogP contribution in [0.5, 0.6) is 5.88 Å². The molecule has 0 aromatic carbocycles. The molecule has 62 valence electrons. The van der Waals surface area contributed by atoms with E-state index in [1.165, 1.54) is 5.56 Å². The third-order valence-electron chi connectivity index (χ3n) is 1.92. The summed E-state index contributed by atoms with van der Waals surface area (Å²) in [5.41, 5.74) is 2.88. The van der Waals surface area contributed by atoms with Gasteiger partial charge in [0.2, 0.25) is 0 Å². The number of H-pyrrole nitrogens is 1. The number of aromatic nitrogens is 2. The van der Waals surface area contributed by atoms with E-state index in [-0.39, 0.29) is 5.88 Å². The van der Waals surface area contributed by atoms with E-state index in [2.05, 4.69) is 16.9 Å². The van der Waals surface area contributed by atoms with Gasteiger partial charge in [-0.05, 0) is 18.1 Å². The van der Waals surface area contributed by atoms with Gasteiger partial charge in [0.1, 0.15) is 0 Å². The van der Waals surface area contributed by atoms with Gasteiger partial charge in [-0.25, -0.2) is 0 Å². The fraction of sp³-hybridized carbons (Fsp3) is 0.222. The van der Waals surface area contributed by atoms with Crippen molar-refractivity contribution in [2.24, 2.45) is 0 Å². The average Bonchev–Trinajstić information content (AvgIpc) is 2.43. The van der Waals surface area contributed by atoms with E-state index < -0.39 is 0 Å². The SMILES string of the molecule is CCc1cnc2cc(O)[nH]c2c1. The quantitative estimate of drug-likeness (QED) is 0.672. The van der Waals surface area contributed by atoms with Crippen molar-refractivity contribution in [3.05, 3.63) is 23.9 Å². The highest BCUT2D eigenvalue weighted by molar-refractivity contribution is 5.77. The Morgan fingerprint density at radius 1 is 1.50 bits per heavy atom. The number of pyridine rings is 1. The molecular weight excluding hydrogens is 152 g/mol.